The number of hydrogen-bond acceptors (Lipinski definition) is 1. The molecule has 1 aromatic rings. The highest BCUT2D eigenvalue weighted by Crippen LogP contribution is 2.39. The molecule has 1 nitrogen and oxygen atoms in total. The largest absolute Gasteiger partial charge is 0.327 e. The lowest BCUT2D eigenvalue weighted by Crippen LogP contribution is -2.00. The monoisotopic (exact) mass is 175 g/mol. The first-order valence-corrected chi connectivity index (χ1v) is 5.04. The van der Waals surface area contributed by atoms with Crippen molar-refractivity contribution >= 4 is 0 Å². The van der Waals surface area contributed by atoms with Gasteiger partial charge in [-0.2, -0.15) is 0 Å². The Morgan fingerprint density at radius 1 is 1.23 bits per heavy atom. The summed E-state index contributed by atoms with van der Waals surface area (Å²) in [4.78, 5) is 0. The maximum absolute atomic E-state index is 5.80. The average molecular weight is 175 g/mol. The van der Waals surface area contributed by atoms with E-state index in [1.165, 1.54) is 17.5 Å². The number of hydrogen-bond donors (Lipinski definition) is 1. The van der Waals surface area contributed by atoms with E-state index in [2.05, 4.69) is 38.1 Å². The first-order valence-electron chi connectivity index (χ1n) is 5.04. The molecule has 0 aromatic heterocycles. The molecule has 0 saturated heterocycles. The van der Waals surface area contributed by atoms with Crippen molar-refractivity contribution in [2.45, 2.75) is 38.1 Å². The summed E-state index contributed by atoms with van der Waals surface area (Å²) in [6.45, 7) is 4.44. The third-order valence-corrected chi connectivity index (χ3v) is 2.87. The molecule has 0 heterocycles. The summed E-state index contributed by atoms with van der Waals surface area (Å²) in [5, 5.41) is 0. The zero-order valence-electron chi connectivity index (χ0n) is 8.33. The second kappa shape index (κ2) is 3.15. The molecule has 1 heteroatoms. The molecule has 1 aliphatic carbocycles. The van der Waals surface area contributed by atoms with Gasteiger partial charge in [0.2, 0.25) is 0 Å². The summed E-state index contributed by atoms with van der Waals surface area (Å²) in [6, 6.07) is 9.33. The van der Waals surface area contributed by atoms with Gasteiger partial charge in [0.25, 0.3) is 0 Å². The molecule has 1 fully saturated rings. The van der Waals surface area contributed by atoms with Gasteiger partial charge in [0.05, 0.1) is 0 Å². The SMILES string of the molecule is CC(C)c1ccc([C@@H]2C[C@H]2N)cc1. The molecule has 13 heavy (non-hydrogen) atoms. The fourth-order valence-electron chi connectivity index (χ4n) is 1.73. The maximum Gasteiger partial charge on any atom is 0.0115 e. The minimum Gasteiger partial charge on any atom is -0.327 e. The average Bonchev–Trinajstić information content (AvgIpc) is 2.83. The lowest BCUT2D eigenvalue weighted by Gasteiger charge is -2.05. The topological polar surface area (TPSA) is 26.0 Å². The highest BCUT2D eigenvalue weighted by molar-refractivity contribution is 5.31. The molecule has 2 rings (SSSR count). The lowest BCUT2D eigenvalue weighted by atomic mass is 10.0. The van der Waals surface area contributed by atoms with Crippen LogP contribution in [0.25, 0.3) is 0 Å². The van der Waals surface area contributed by atoms with Gasteiger partial charge in [-0.15, -0.1) is 0 Å². The van der Waals surface area contributed by atoms with Gasteiger partial charge in [0.1, 0.15) is 0 Å². The summed E-state index contributed by atoms with van der Waals surface area (Å²) in [6.07, 6.45) is 1.17. The highest BCUT2D eigenvalue weighted by atomic mass is 14.7. The fraction of sp³-hybridized carbons (Fsp3) is 0.500. The van der Waals surface area contributed by atoms with Crippen LogP contribution in [0.3, 0.4) is 0 Å². The van der Waals surface area contributed by atoms with E-state index in [9.17, 15) is 0 Å². The molecule has 70 valence electrons. The van der Waals surface area contributed by atoms with Crippen molar-refractivity contribution in [3.05, 3.63) is 35.4 Å². The first kappa shape index (κ1) is 8.76. The van der Waals surface area contributed by atoms with Gasteiger partial charge in [-0.25, -0.2) is 0 Å². The van der Waals surface area contributed by atoms with E-state index >= 15 is 0 Å². The Kier molecular flexibility index (Phi) is 2.12. The van der Waals surface area contributed by atoms with Crippen LogP contribution in [0, 0.1) is 0 Å². The van der Waals surface area contributed by atoms with E-state index in [0.29, 0.717) is 17.9 Å². The van der Waals surface area contributed by atoms with E-state index in [-0.39, 0.29) is 0 Å². The Bertz CT molecular complexity index is 286. The molecule has 2 atom stereocenters. The van der Waals surface area contributed by atoms with E-state index < -0.39 is 0 Å². The van der Waals surface area contributed by atoms with Crippen LogP contribution in [-0.4, -0.2) is 6.04 Å². The summed E-state index contributed by atoms with van der Waals surface area (Å²) < 4.78 is 0. The summed E-state index contributed by atoms with van der Waals surface area (Å²) in [7, 11) is 0. The molecule has 2 N–H and O–H groups in total. The predicted octanol–water partition coefficient (Wildman–Crippen LogP) is 2.62. The minimum absolute atomic E-state index is 0.421. The molecule has 0 spiro atoms. The maximum atomic E-state index is 5.80. The van der Waals surface area contributed by atoms with E-state index in [4.69, 9.17) is 5.73 Å². The quantitative estimate of drug-likeness (QED) is 0.734. The van der Waals surface area contributed by atoms with E-state index in [1.54, 1.807) is 0 Å². The highest BCUT2D eigenvalue weighted by Gasteiger charge is 2.34. The Morgan fingerprint density at radius 2 is 1.77 bits per heavy atom. The van der Waals surface area contributed by atoms with Crippen LogP contribution in [0.4, 0.5) is 0 Å². The third kappa shape index (κ3) is 1.75. The van der Waals surface area contributed by atoms with Gasteiger partial charge in [-0.1, -0.05) is 38.1 Å². The summed E-state index contributed by atoms with van der Waals surface area (Å²) >= 11 is 0. The van der Waals surface area contributed by atoms with Crippen LogP contribution in [-0.2, 0) is 0 Å². The molecule has 1 saturated carbocycles. The number of benzene rings is 1. The second-order valence-corrected chi connectivity index (χ2v) is 4.33. The molecule has 1 aliphatic rings. The fourth-order valence-corrected chi connectivity index (χ4v) is 1.73. The molecule has 1 aromatic carbocycles. The van der Waals surface area contributed by atoms with Crippen molar-refractivity contribution in [2.75, 3.05) is 0 Å². The van der Waals surface area contributed by atoms with Crippen molar-refractivity contribution in [3.8, 4) is 0 Å². The smallest absolute Gasteiger partial charge is 0.0115 e. The first-order chi connectivity index (χ1) is 6.18. The predicted molar refractivity (Wildman–Crippen MR) is 55.9 cm³/mol. The zero-order valence-corrected chi connectivity index (χ0v) is 8.33. The molecular weight excluding hydrogens is 158 g/mol. The van der Waals surface area contributed by atoms with Crippen molar-refractivity contribution < 1.29 is 0 Å². The van der Waals surface area contributed by atoms with Gasteiger partial charge in [0, 0.05) is 12.0 Å². The molecule has 0 radical (unpaired) electrons. The van der Waals surface area contributed by atoms with Crippen LogP contribution in [0.5, 0.6) is 0 Å². The van der Waals surface area contributed by atoms with Crippen molar-refractivity contribution in [3.63, 3.8) is 0 Å². The third-order valence-electron chi connectivity index (χ3n) is 2.87. The van der Waals surface area contributed by atoms with E-state index in [1.807, 2.05) is 0 Å². The van der Waals surface area contributed by atoms with Crippen molar-refractivity contribution in [1.29, 1.82) is 0 Å². The Balaban J connectivity index is 2.14. The lowest BCUT2D eigenvalue weighted by molar-refractivity contribution is 0.864. The molecule has 0 amide bonds. The number of nitrogens with two attached hydrogens (primary N) is 1. The molecule has 0 bridgehead atoms. The molecule has 0 aliphatic heterocycles. The summed E-state index contributed by atoms with van der Waals surface area (Å²) in [5.41, 5.74) is 8.62. The van der Waals surface area contributed by atoms with Gasteiger partial charge in [-0.05, 0) is 23.5 Å². The molecule has 0 unspecified atom stereocenters. The summed E-state index contributed by atoms with van der Waals surface area (Å²) in [5.74, 6) is 1.27. The van der Waals surface area contributed by atoms with Crippen LogP contribution in [0.1, 0.15) is 43.2 Å². The van der Waals surface area contributed by atoms with Gasteiger partial charge < -0.3 is 5.73 Å². The zero-order chi connectivity index (χ0) is 9.42. The van der Waals surface area contributed by atoms with Gasteiger partial charge in [-0.3, -0.25) is 0 Å². The Hall–Kier alpha value is -0.820. The van der Waals surface area contributed by atoms with Gasteiger partial charge in [0.15, 0.2) is 0 Å². The van der Waals surface area contributed by atoms with Crippen LogP contribution < -0.4 is 5.73 Å². The van der Waals surface area contributed by atoms with Gasteiger partial charge >= 0.3 is 0 Å². The van der Waals surface area contributed by atoms with Crippen molar-refractivity contribution in [1.82, 2.24) is 0 Å². The Labute approximate surface area is 80.0 Å². The van der Waals surface area contributed by atoms with Crippen LogP contribution in [0.15, 0.2) is 24.3 Å². The van der Waals surface area contributed by atoms with Crippen LogP contribution in [0.2, 0.25) is 0 Å². The normalized spacial score (nSPS) is 26.5. The van der Waals surface area contributed by atoms with E-state index in [0.717, 1.165) is 0 Å². The number of rotatable bonds is 2. The standard InChI is InChI=1S/C12H17N/c1-8(2)9-3-5-10(6-4-9)11-7-12(11)13/h3-6,8,11-12H,7,13H2,1-2H3/t11-,12+/m0/s1. The second-order valence-electron chi connectivity index (χ2n) is 4.33. The van der Waals surface area contributed by atoms with Crippen molar-refractivity contribution in [2.24, 2.45) is 5.73 Å². The Morgan fingerprint density at radius 3 is 2.15 bits per heavy atom. The van der Waals surface area contributed by atoms with Crippen LogP contribution >= 0.6 is 0 Å². The minimum atomic E-state index is 0.421. The molecular formula is C12H17N.